The van der Waals surface area contributed by atoms with Crippen LogP contribution < -0.4 is 5.32 Å². The number of halogens is 1. The maximum Gasteiger partial charge on any atom is 0.238 e. The molecule has 0 unspecified atom stereocenters. The molecule has 3 nitrogen and oxygen atoms in total. The van der Waals surface area contributed by atoms with Crippen molar-refractivity contribution in [1.29, 1.82) is 0 Å². The summed E-state index contributed by atoms with van der Waals surface area (Å²) in [5.41, 5.74) is 0.820. The van der Waals surface area contributed by atoms with Crippen LogP contribution in [0.25, 0.3) is 0 Å². The van der Waals surface area contributed by atoms with E-state index in [1.54, 1.807) is 0 Å². The third kappa shape index (κ3) is 4.67. The van der Waals surface area contributed by atoms with Gasteiger partial charge in [-0.1, -0.05) is 29.8 Å². The topological polar surface area (TPSA) is 32.3 Å². The van der Waals surface area contributed by atoms with Gasteiger partial charge in [0.05, 0.1) is 10.9 Å². The van der Waals surface area contributed by atoms with Crippen molar-refractivity contribution in [2.24, 2.45) is 0 Å². The second-order valence-corrected chi connectivity index (χ2v) is 6.09. The van der Waals surface area contributed by atoms with Gasteiger partial charge < -0.3 is 5.32 Å². The minimum Gasteiger partial charge on any atom is -0.325 e. The van der Waals surface area contributed by atoms with E-state index in [1.165, 1.54) is 11.3 Å². The molecule has 0 saturated carbocycles. The lowest BCUT2D eigenvalue weighted by Crippen LogP contribution is -2.29. The number of thiophene rings is 1. The molecule has 1 heterocycles. The Labute approximate surface area is 121 Å². The van der Waals surface area contributed by atoms with Gasteiger partial charge in [-0.3, -0.25) is 9.69 Å². The first-order valence-electron chi connectivity index (χ1n) is 5.91. The predicted octanol–water partition coefficient (Wildman–Crippen LogP) is 3.47. The maximum absolute atomic E-state index is 11.8. The first kappa shape index (κ1) is 14.1. The number of benzene rings is 1. The number of nitrogens with zero attached hydrogens (tertiary/aromatic N) is 1. The van der Waals surface area contributed by atoms with Gasteiger partial charge in [0, 0.05) is 17.1 Å². The van der Waals surface area contributed by atoms with Gasteiger partial charge >= 0.3 is 0 Å². The number of carbonyl (C=O) groups excluding carboxylic acids is 1. The van der Waals surface area contributed by atoms with Crippen LogP contribution in [0.5, 0.6) is 0 Å². The van der Waals surface area contributed by atoms with Crippen LogP contribution in [0.15, 0.2) is 42.5 Å². The molecule has 5 heteroatoms. The molecular weight excluding hydrogens is 280 g/mol. The Kier molecular flexibility index (Phi) is 4.96. The van der Waals surface area contributed by atoms with E-state index in [9.17, 15) is 4.79 Å². The number of likely N-dealkylation sites (N-methyl/N-ethyl adjacent to an activating group) is 1. The number of hydrogen-bond donors (Lipinski definition) is 1. The predicted molar refractivity (Wildman–Crippen MR) is 80.7 cm³/mol. The second kappa shape index (κ2) is 6.70. The fraction of sp³-hybridized carbons (Fsp3) is 0.214. The van der Waals surface area contributed by atoms with Gasteiger partial charge in [0.1, 0.15) is 0 Å². The molecule has 0 aliphatic heterocycles. The van der Waals surface area contributed by atoms with E-state index < -0.39 is 0 Å². The lowest BCUT2D eigenvalue weighted by atomic mass is 10.3. The average molecular weight is 295 g/mol. The van der Waals surface area contributed by atoms with E-state index in [2.05, 4.69) is 5.32 Å². The molecule has 0 saturated heterocycles. The van der Waals surface area contributed by atoms with Gasteiger partial charge in [0.2, 0.25) is 5.91 Å². The first-order chi connectivity index (χ1) is 9.13. The highest BCUT2D eigenvalue weighted by atomic mass is 35.5. The zero-order valence-electron chi connectivity index (χ0n) is 10.6. The Morgan fingerprint density at radius 3 is 2.63 bits per heavy atom. The standard InChI is InChI=1S/C14H15ClN2OS/c1-17(9-12-7-8-13(15)19-12)10-14(18)16-11-5-3-2-4-6-11/h2-8H,9-10H2,1H3,(H,16,18). The Morgan fingerprint density at radius 2 is 2.00 bits per heavy atom. The number of carbonyl (C=O) groups is 1. The van der Waals surface area contributed by atoms with Crippen LogP contribution in [0.3, 0.4) is 0 Å². The molecule has 1 N–H and O–H groups in total. The molecule has 1 aromatic carbocycles. The van der Waals surface area contributed by atoms with E-state index in [0.29, 0.717) is 6.54 Å². The first-order valence-corrected chi connectivity index (χ1v) is 7.10. The van der Waals surface area contributed by atoms with E-state index in [0.717, 1.165) is 21.4 Å². The van der Waals surface area contributed by atoms with Gasteiger partial charge in [-0.2, -0.15) is 0 Å². The quantitative estimate of drug-likeness (QED) is 0.916. The third-order valence-corrected chi connectivity index (χ3v) is 3.74. The van der Waals surface area contributed by atoms with Crippen molar-refractivity contribution in [3.63, 3.8) is 0 Å². The summed E-state index contributed by atoms with van der Waals surface area (Å²) in [5.74, 6) is -0.0173. The molecule has 2 rings (SSSR count). The van der Waals surface area contributed by atoms with Crippen molar-refractivity contribution < 1.29 is 4.79 Å². The molecule has 0 bridgehead atoms. The van der Waals surface area contributed by atoms with Gasteiger partial charge in [0.25, 0.3) is 0 Å². The molecule has 1 amide bonds. The summed E-state index contributed by atoms with van der Waals surface area (Å²) in [6.07, 6.45) is 0. The van der Waals surface area contributed by atoms with E-state index in [-0.39, 0.29) is 5.91 Å². The molecule has 2 aromatic rings. The van der Waals surface area contributed by atoms with Crippen molar-refractivity contribution in [2.45, 2.75) is 6.54 Å². The number of hydrogen-bond acceptors (Lipinski definition) is 3. The average Bonchev–Trinajstić information content (AvgIpc) is 2.75. The highest BCUT2D eigenvalue weighted by Crippen LogP contribution is 2.22. The molecule has 1 aromatic heterocycles. The zero-order chi connectivity index (χ0) is 13.7. The van der Waals surface area contributed by atoms with E-state index >= 15 is 0 Å². The van der Waals surface area contributed by atoms with Crippen LogP contribution >= 0.6 is 22.9 Å². The molecule has 100 valence electrons. The summed E-state index contributed by atoms with van der Waals surface area (Å²) in [6, 6.07) is 13.3. The monoisotopic (exact) mass is 294 g/mol. The summed E-state index contributed by atoms with van der Waals surface area (Å²) in [6.45, 7) is 1.07. The molecule has 0 radical (unpaired) electrons. The Balaban J connectivity index is 1.82. The van der Waals surface area contributed by atoms with Crippen molar-refractivity contribution in [3.8, 4) is 0 Å². The van der Waals surface area contributed by atoms with Gasteiger partial charge in [-0.05, 0) is 31.3 Å². The molecular formula is C14H15ClN2OS. The largest absolute Gasteiger partial charge is 0.325 e. The smallest absolute Gasteiger partial charge is 0.238 e. The summed E-state index contributed by atoms with van der Waals surface area (Å²) < 4.78 is 0.775. The minimum atomic E-state index is -0.0173. The Bertz CT molecular complexity index is 541. The summed E-state index contributed by atoms with van der Waals surface area (Å²) in [7, 11) is 1.91. The number of amides is 1. The van der Waals surface area contributed by atoms with Gasteiger partial charge in [-0.15, -0.1) is 11.3 Å². The molecule has 0 atom stereocenters. The molecule has 0 spiro atoms. The summed E-state index contributed by atoms with van der Waals surface area (Å²) in [4.78, 5) is 15.0. The van der Waals surface area contributed by atoms with Crippen LogP contribution in [0, 0.1) is 0 Å². The summed E-state index contributed by atoms with van der Waals surface area (Å²) >= 11 is 7.42. The van der Waals surface area contributed by atoms with Crippen molar-refractivity contribution in [2.75, 3.05) is 18.9 Å². The lowest BCUT2D eigenvalue weighted by Gasteiger charge is -2.15. The van der Waals surface area contributed by atoms with Crippen molar-refractivity contribution in [1.82, 2.24) is 4.90 Å². The summed E-state index contributed by atoms with van der Waals surface area (Å²) in [5, 5.41) is 2.86. The van der Waals surface area contributed by atoms with Gasteiger partial charge in [-0.25, -0.2) is 0 Å². The van der Waals surface area contributed by atoms with Gasteiger partial charge in [0.15, 0.2) is 0 Å². The second-order valence-electron chi connectivity index (χ2n) is 4.29. The SMILES string of the molecule is CN(CC(=O)Nc1ccccc1)Cc1ccc(Cl)s1. The molecule has 0 aliphatic carbocycles. The molecule has 0 fully saturated rings. The number of anilines is 1. The normalized spacial score (nSPS) is 10.7. The van der Waals surface area contributed by atoms with E-state index in [4.69, 9.17) is 11.6 Å². The van der Waals surface area contributed by atoms with Crippen LogP contribution in [-0.2, 0) is 11.3 Å². The van der Waals surface area contributed by atoms with Crippen LogP contribution in [-0.4, -0.2) is 24.4 Å². The number of rotatable bonds is 5. The van der Waals surface area contributed by atoms with Crippen LogP contribution in [0.1, 0.15) is 4.88 Å². The highest BCUT2D eigenvalue weighted by Gasteiger charge is 2.08. The fourth-order valence-electron chi connectivity index (χ4n) is 1.73. The molecule has 0 aliphatic rings. The maximum atomic E-state index is 11.8. The minimum absolute atomic E-state index is 0.0173. The third-order valence-electron chi connectivity index (χ3n) is 2.53. The van der Waals surface area contributed by atoms with Crippen molar-refractivity contribution >= 4 is 34.5 Å². The molecule has 19 heavy (non-hydrogen) atoms. The zero-order valence-corrected chi connectivity index (χ0v) is 12.2. The number of nitrogens with one attached hydrogen (secondary N) is 1. The van der Waals surface area contributed by atoms with Crippen LogP contribution in [0.2, 0.25) is 4.34 Å². The van der Waals surface area contributed by atoms with Crippen molar-refractivity contribution in [3.05, 3.63) is 51.7 Å². The number of para-hydroxylation sites is 1. The van der Waals surface area contributed by atoms with E-state index in [1.807, 2.05) is 54.4 Å². The highest BCUT2D eigenvalue weighted by molar-refractivity contribution is 7.16. The van der Waals surface area contributed by atoms with Crippen LogP contribution in [0.4, 0.5) is 5.69 Å². The Hall–Kier alpha value is -1.36. The Morgan fingerprint density at radius 1 is 1.26 bits per heavy atom. The lowest BCUT2D eigenvalue weighted by molar-refractivity contribution is -0.117. The fourth-order valence-corrected chi connectivity index (χ4v) is 2.89.